The maximum absolute atomic E-state index is 4.26. The molecule has 1 unspecified atom stereocenters. The molecule has 0 saturated carbocycles. The number of hydrogen-bond acceptors (Lipinski definition) is 2. The SMILES string of the molecule is CC(C)NCCC(C)n1cc(Br)cn1. The van der Waals surface area contributed by atoms with Crippen LogP contribution in [0, 0.1) is 0 Å². The molecule has 1 rings (SSSR count). The van der Waals surface area contributed by atoms with Gasteiger partial charge in [0.1, 0.15) is 0 Å². The Morgan fingerprint density at radius 2 is 2.21 bits per heavy atom. The molecule has 0 fully saturated rings. The van der Waals surface area contributed by atoms with Crippen LogP contribution < -0.4 is 5.32 Å². The van der Waals surface area contributed by atoms with Crippen LogP contribution >= 0.6 is 15.9 Å². The normalized spacial score (nSPS) is 13.5. The van der Waals surface area contributed by atoms with Crippen molar-refractivity contribution < 1.29 is 0 Å². The monoisotopic (exact) mass is 259 g/mol. The molecule has 1 aromatic heterocycles. The lowest BCUT2D eigenvalue weighted by molar-refractivity contribution is 0.432. The van der Waals surface area contributed by atoms with Crippen molar-refractivity contribution in [1.29, 1.82) is 0 Å². The van der Waals surface area contributed by atoms with E-state index in [1.807, 2.05) is 17.1 Å². The van der Waals surface area contributed by atoms with Crippen LogP contribution in [0.3, 0.4) is 0 Å². The molecular weight excluding hydrogens is 242 g/mol. The molecule has 4 heteroatoms. The van der Waals surface area contributed by atoms with Crippen LogP contribution in [0.4, 0.5) is 0 Å². The van der Waals surface area contributed by atoms with Gasteiger partial charge in [-0.05, 0) is 35.8 Å². The van der Waals surface area contributed by atoms with Crippen LogP contribution in [0.2, 0.25) is 0 Å². The van der Waals surface area contributed by atoms with Crippen molar-refractivity contribution in [3.05, 3.63) is 16.9 Å². The van der Waals surface area contributed by atoms with E-state index in [4.69, 9.17) is 0 Å². The summed E-state index contributed by atoms with van der Waals surface area (Å²) < 4.78 is 3.03. The molecule has 1 N–H and O–H groups in total. The third-order valence-electron chi connectivity index (χ3n) is 2.14. The van der Waals surface area contributed by atoms with E-state index >= 15 is 0 Å². The van der Waals surface area contributed by atoms with Crippen LogP contribution in [0.5, 0.6) is 0 Å². The second-order valence-corrected chi connectivity index (χ2v) is 4.80. The molecule has 1 aromatic rings. The van der Waals surface area contributed by atoms with Crippen molar-refractivity contribution in [3.63, 3.8) is 0 Å². The highest BCUT2D eigenvalue weighted by Crippen LogP contribution is 2.13. The number of hydrogen-bond donors (Lipinski definition) is 1. The Balaban J connectivity index is 2.32. The van der Waals surface area contributed by atoms with E-state index in [1.165, 1.54) is 0 Å². The van der Waals surface area contributed by atoms with Crippen LogP contribution in [0.1, 0.15) is 33.2 Å². The van der Waals surface area contributed by atoms with Crippen molar-refractivity contribution in [3.8, 4) is 0 Å². The zero-order valence-corrected chi connectivity index (χ0v) is 10.6. The highest BCUT2D eigenvalue weighted by Gasteiger charge is 2.05. The molecule has 1 atom stereocenters. The number of halogens is 1. The summed E-state index contributed by atoms with van der Waals surface area (Å²) in [4.78, 5) is 0. The molecule has 0 radical (unpaired) electrons. The minimum Gasteiger partial charge on any atom is -0.314 e. The Morgan fingerprint density at radius 3 is 2.71 bits per heavy atom. The Kier molecular flexibility index (Phi) is 4.62. The molecule has 0 bridgehead atoms. The van der Waals surface area contributed by atoms with E-state index in [9.17, 15) is 0 Å². The van der Waals surface area contributed by atoms with Gasteiger partial charge in [-0.3, -0.25) is 4.68 Å². The smallest absolute Gasteiger partial charge is 0.0632 e. The first-order valence-electron chi connectivity index (χ1n) is 5.02. The van der Waals surface area contributed by atoms with E-state index in [2.05, 4.69) is 47.1 Å². The van der Waals surface area contributed by atoms with Crippen LogP contribution in [-0.4, -0.2) is 22.4 Å². The second-order valence-electron chi connectivity index (χ2n) is 3.89. The highest BCUT2D eigenvalue weighted by atomic mass is 79.9. The number of aromatic nitrogens is 2. The summed E-state index contributed by atoms with van der Waals surface area (Å²) in [5.74, 6) is 0. The molecule has 0 aliphatic heterocycles. The summed E-state index contributed by atoms with van der Waals surface area (Å²) in [6.07, 6.45) is 4.94. The maximum atomic E-state index is 4.26. The molecule has 3 nitrogen and oxygen atoms in total. The van der Waals surface area contributed by atoms with Gasteiger partial charge in [-0.1, -0.05) is 13.8 Å². The van der Waals surface area contributed by atoms with Crippen molar-refractivity contribution in [1.82, 2.24) is 15.1 Å². The maximum Gasteiger partial charge on any atom is 0.0632 e. The summed E-state index contributed by atoms with van der Waals surface area (Å²) in [6.45, 7) is 7.54. The molecular formula is C10H18BrN3. The van der Waals surface area contributed by atoms with Gasteiger partial charge in [-0.15, -0.1) is 0 Å². The number of nitrogens with zero attached hydrogens (tertiary/aromatic N) is 2. The van der Waals surface area contributed by atoms with E-state index in [1.54, 1.807) is 0 Å². The fraction of sp³-hybridized carbons (Fsp3) is 0.700. The lowest BCUT2D eigenvalue weighted by Gasteiger charge is -2.13. The predicted octanol–water partition coefficient (Wildman–Crippen LogP) is 2.59. The molecule has 1 heterocycles. The lowest BCUT2D eigenvalue weighted by Crippen LogP contribution is -2.25. The fourth-order valence-electron chi connectivity index (χ4n) is 1.27. The zero-order chi connectivity index (χ0) is 10.6. The Morgan fingerprint density at radius 1 is 1.50 bits per heavy atom. The lowest BCUT2D eigenvalue weighted by atomic mass is 10.2. The van der Waals surface area contributed by atoms with Crippen molar-refractivity contribution in [2.24, 2.45) is 0 Å². The minimum absolute atomic E-state index is 0.451. The molecule has 80 valence electrons. The topological polar surface area (TPSA) is 29.9 Å². The van der Waals surface area contributed by atoms with E-state index in [0.29, 0.717) is 12.1 Å². The zero-order valence-electron chi connectivity index (χ0n) is 9.00. The van der Waals surface area contributed by atoms with Crippen LogP contribution in [-0.2, 0) is 0 Å². The third-order valence-corrected chi connectivity index (χ3v) is 2.55. The summed E-state index contributed by atoms with van der Waals surface area (Å²) in [5.41, 5.74) is 0. The Hall–Kier alpha value is -0.350. The Labute approximate surface area is 94.0 Å². The molecule has 0 amide bonds. The molecule has 0 aliphatic rings. The largest absolute Gasteiger partial charge is 0.314 e. The van der Waals surface area contributed by atoms with Gasteiger partial charge in [0.25, 0.3) is 0 Å². The molecule has 0 saturated heterocycles. The van der Waals surface area contributed by atoms with Crippen LogP contribution in [0.25, 0.3) is 0 Å². The summed E-state index contributed by atoms with van der Waals surface area (Å²) in [6, 6.07) is 1.01. The van der Waals surface area contributed by atoms with Gasteiger partial charge in [0.05, 0.1) is 16.7 Å². The van der Waals surface area contributed by atoms with Crippen molar-refractivity contribution in [2.75, 3.05) is 6.54 Å². The van der Waals surface area contributed by atoms with Gasteiger partial charge in [0.15, 0.2) is 0 Å². The van der Waals surface area contributed by atoms with Crippen LogP contribution in [0.15, 0.2) is 16.9 Å². The second kappa shape index (κ2) is 5.51. The summed E-state index contributed by atoms with van der Waals surface area (Å²) in [5, 5.41) is 7.66. The van der Waals surface area contributed by atoms with Crippen molar-refractivity contribution >= 4 is 15.9 Å². The number of nitrogens with one attached hydrogen (secondary N) is 1. The quantitative estimate of drug-likeness (QED) is 0.881. The van der Waals surface area contributed by atoms with Gasteiger partial charge in [-0.2, -0.15) is 5.10 Å². The molecule has 0 spiro atoms. The third kappa shape index (κ3) is 3.80. The first-order chi connectivity index (χ1) is 6.59. The molecule has 0 aromatic carbocycles. The summed E-state index contributed by atoms with van der Waals surface area (Å²) in [7, 11) is 0. The first-order valence-corrected chi connectivity index (χ1v) is 5.82. The minimum atomic E-state index is 0.451. The predicted molar refractivity (Wildman–Crippen MR) is 62.4 cm³/mol. The average molecular weight is 260 g/mol. The van der Waals surface area contributed by atoms with Crippen molar-refractivity contribution in [2.45, 2.75) is 39.3 Å². The molecule has 14 heavy (non-hydrogen) atoms. The standard InChI is InChI=1S/C10H18BrN3/c1-8(2)12-5-4-9(3)14-7-10(11)6-13-14/h6-9,12H,4-5H2,1-3H3. The highest BCUT2D eigenvalue weighted by molar-refractivity contribution is 9.10. The molecule has 0 aliphatic carbocycles. The first kappa shape index (κ1) is 11.7. The van der Waals surface area contributed by atoms with Gasteiger partial charge in [0.2, 0.25) is 0 Å². The van der Waals surface area contributed by atoms with Gasteiger partial charge < -0.3 is 5.32 Å². The number of rotatable bonds is 5. The summed E-state index contributed by atoms with van der Waals surface area (Å²) >= 11 is 3.39. The fourth-order valence-corrected chi connectivity index (χ4v) is 1.57. The van der Waals surface area contributed by atoms with E-state index < -0.39 is 0 Å². The van der Waals surface area contributed by atoms with Gasteiger partial charge in [0, 0.05) is 12.2 Å². The Bertz CT molecular complexity index is 270. The van der Waals surface area contributed by atoms with E-state index in [0.717, 1.165) is 17.4 Å². The average Bonchev–Trinajstić information content (AvgIpc) is 2.51. The van der Waals surface area contributed by atoms with Gasteiger partial charge in [-0.25, -0.2) is 0 Å². The van der Waals surface area contributed by atoms with E-state index in [-0.39, 0.29) is 0 Å². The van der Waals surface area contributed by atoms with Gasteiger partial charge >= 0.3 is 0 Å².